The van der Waals surface area contributed by atoms with Crippen LogP contribution < -0.4 is 4.90 Å². The smallest absolute Gasteiger partial charge is 0.0755 e. The summed E-state index contributed by atoms with van der Waals surface area (Å²) >= 11 is 1.88. The maximum absolute atomic E-state index is 2.57. The van der Waals surface area contributed by atoms with Crippen molar-refractivity contribution in [1.29, 1.82) is 0 Å². The lowest BCUT2D eigenvalue weighted by molar-refractivity contribution is 0.748. The van der Waals surface area contributed by atoms with Gasteiger partial charge in [-0.3, -0.25) is 0 Å². The molecule has 1 aliphatic carbocycles. The van der Waals surface area contributed by atoms with Gasteiger partial charge in [-0.1, -0.05) is 200 Å². The van der Waals surface area contributed by atoms with Gasteiger partial charge in [0, 0.05) is 37.5 Å². The van der Waals surface area contributed by atoms with Crippen molar-refractivity contribution in [3.8, 4) is 39.1 Å². The lowest BCUT2D eigenvalue weighted by Crippen LogP contribution is -2.33. The van der Waals surface area contributed by atoms with Gasteiger partial charge in [-0.25, -0.2) is 0 Å². The Balaban J connectivity index is 1.04. The highest BCUT2D eigenvalue weighted by Crippen LogP contribution is 2.62. The normalized spacial score (nSPS) is 14.5. The fourth-order valence-corrected chi connectivity index (χ4v) is 13.5. The van der Waals surface area contributed by atoms with Crippen molar-refractivity contribution in [2.24, 2.45) is 0 Å². The second kappa shape index (κ2) is 14.3. The van der Waals surface area contributed by atoms with Crippen molar-refractivity contribution in [3.05, 3.63) is 265 Å². The molecule has 3 heteroatoms. The largest absolute Gasteiger partial charge is 0.309 e. The molecular weight excluding hydrogens is 841 g/mol. The van der Waals surface area contributed by atoms with Crippen LogP contribution in [0, 0.1) is 0 Å². The van der Waals surface area contributed by atoms with Crippen LogP contribution in [-0.4, -0.2) is 4.57 Å². The second-order valence-corrected chi connectivity index (χ2v) is 19.3. The number of hydrogen-bond acceptors (Lipinski definition) is 2. The Labute approximate surface area is 397 Å². The average Bonchev–Trinajstić information content (AvgIpc) is 4.06. The SMILES string of the molecule is c1ccc(-c2cccc3ccccc23)c(-c2ccccc2N(c2ccc3c(c2)C2(c4ccccc4-3)c3ccccc3-n3c4ccccc4c4cccc2c43)c2cccc3c2sc2ccccc23)c1. The molecule has 0 amide bonds. The van der Waals surface area contributed by atoms with Gasteiger partial charge in [0.15, 0.2) is 0 Å². The van der Waals surface area contributed by atoms with E-state index >= 15 is 0 Å². The summed E-state index contributed by atoms with van der Waals surface area (Å²) in [6, 6.07) is 90.8. The van der Waals surface area contributed by atoms with E-state index in [9.17, 15) is 0 Å². The lowest BCUT2D eigenvalue weighted by atomic mass is 9.65. The van der Waals surface area contributed by atoms with Gasteiger partial charge in [0.25, 0.3) is 0 Å². The summed E-state index contributed by atoms with van der Waals surface area (Å²) < 4.78 is 5.08. The Bertz CT molecular complexity index is 4240. The molecule has 0 saturated heterocycles. The monoisotopic (exact) mass is 880 g/mol. The molecule has 2 aliphatic rings. The Morgan fingerprint density at radius 2 is 0.926 bits per heavy atom. The van der Waals surface area contributed by atoms with E-state index < -0.39 is 5.41 Å². The van der Waals surface area contributed by atoms with Crippen LogP contribution in [0.25, 0.3) is 91.8 Å². The van der Waals surface area contributed by atoms with Crippen molar-refractivity contribution < 1.29 is 0 Å². The van der Waals surface area contributed by atoms with Crippen LogP contribution in [0.2, 0.25) is 0 Å². The summed E-state index contributed by atoms with van der Waals surface area (Å²) in [5, 5.41) is 7.60. The van der Waals surface area contributed by atoms with Gasteiger partial charge in [-0.15, -0.1) is 11.3 Å². The topological polar surface area (TPSA) is 8.17 Å². The van der Waals surface area contributed by atoms with Crippen molar-refractivity contribution in [3.63, 3.8) is 0 Å². The van der Waals surface area contributed by atoms with Gasteiger partial charge in [-0.2, -0.15) is 0 Å². The standard InChI is InChI=1S/C65H40N2S/c1-2-20-43-41(18-1)19-15-27-44(43)45-21-3-4-22-46(45)49-24-6-11-33-58(49)66(61-36-17-29-53-51-26-8-14-37-62(51)68-64(53)61)42-38-39-48-47-23-5-9-30-54(47)65(57(48)40-42)55-31-10-13-35-60(55)67-59-34-12-7-25-50(59)52-28-16-32-56(65)63(52)67/h1-40H. The third-order valence-corrected chi connectivity index (χ3v) is 16.2. The highest BCUT2D eigenvalue weighted by molar-refractivity contribution is 7.26. The van der Waals surface area contributed by atoms with Crippen molar-refractivity contribution in [2.75, 3.05) is 4.90 Å². The van der Waals surface area contributed by atoms with E-state index in [0.29, 0.717) is 0 Å². The predicted octanol–water partition coefficient (Wildman–Crippen LogP) is 17.8. The summed E-state index contributed by atoms with van der Waals surface area (Å²) in [6.45, 7) is 0. The number of thiophene rings is 1. The number of rotatable bonds is 5. The molecule has 15 rings (SSSR count). The minimum Gasteiger partial charge on any atom is -0.309 e. The molecule has 68 heavy (non-hydrogen) atoms. The first kappa shape index (κ1) is 37.7. The Hall–Kier alpha value is -8.50. The van der Waals surface area contributed by atoms with E-state index in [0.717, 1.165) is 17.1 Å². The van der Waals surface area contributed by atoms with Gasteiger partial charge >= 0.3 is 0 Å². The fourth-order valence-electron chi connectivity index (χ4n) is 12.3. The molecule has 11 aromatic carbocycles. The van der Waals surface area contributed by atoms with Crippen LogP contribution in [0.4, 0.5) is 17.1 Å². The summed E-state index contributed by atoms with van der Waals surface area (Å²) in [7, 11) is 0. The van der Waals surface area contributed by atoms with Crippen LogP contribution >= 0.6 is 11.3 Å². The second-order valence-electron chi connectivity index (χ2n) is 18.3. The first-order chi connectivity index (χ1) is 33.8. The molecule has 316 valence electrons. The van der Waals surface area contributed by atoms with Crippen molar-refractivity contribution >= 4 is 81.1 Å². The summed E-state index contributed by atoms with van der Waals surface area (Å²) in [6.07, 6.45) is 0. The molecule has 13 aromatic rings. The minimum absolute atomic E-state index is 0.585. The fraction of sp³-hybridized carbons (Fsp3) is 0.0154. The number of anilines is 3. The van der Waals surface area contributed by atoms with Crippen LogP contribution in [0.1, 0.15) is 22.3 Å². The highest BCUT2D eigenvalue weighted by atomic mass is 32.1. The van der Waals surface area contributed by atoms with Gasteiger partial charge in [0.2, 0.25) is 0 Å². The van der Waals surface area contributed by atoms with E-state index in [2.05, 4.69) is 252 Å². The molecule has 2 aromatic heterocycles. The van der Waals surface area contributed by atoms with Crippen molar-refractivity contribution in [2.45, 2.75) is 5.41 Å². The van der Waals surface area contributed by atoms with E-state index in [1.807, 2.05) is 11.3 Å². The third kappa shape index (κ3) is 5.01. The van der Waals surface area contributed by atoms with E-state index in [-0.39, 0.29) is 0 Å². The number of para-hydroxylation sites is 4. The van der Waals surface area contributed by atoms with E-state index in [1.165, 1.54) is 114 Å². The molecular formula is C65H40N2S. The molecule has 0 radical (unpaired) electrons. The summed E-state index contributed by atoms with van der Waals surface area (Å²) in [5.74, 6) is 0. The predicted molar refractivity (Wildman–Crippen MR) is 288 cm³/mol. The first-order valence-corrected chi connectivity index (χ1v) is 24.3. The highest BCUT2D eigenvalue weighted by Gasteiger charge is 2.51. The zero-order valence-corrected chi connectivity index (χ0v) is 37.7. The number of nitrogens with zero attached hydrogens (tertiary/aromatic N) is 2. The molecule has 1 atom stereocenters. The van der Waals surface area contributed by atoms with Crippen molar-refractivity contribution in [1.82, 2.24) is 4.57 Å². The molecule has 0 fully saturated rings. The molecule has 1 spiro atoms. The number of hydrogen-bond donors (Lipinski definition) is 0. The summed E-state index contributed by atoms with van der Waals surface area (Å²) in [5.41, 5.74) is 19.2. The Kier molecular flexibility index (Phi) is 7.90. The number of aromatic nitrogens is 1. The molecule has 1 aliphatic heterocycles. The summed E-state index contributed by atoms with van der Waals surface area (Å²) in [4.78, 5) is 2.57. The maximum atomic E-state index is 2.57. The molecule has 0 bridgehead atoms. The van der Waals surface area contributed by atoms with Gasteiger partial charge in [0.05, 0.1) is 38.2 Å². The quantitative estimate of drug-likeness (QED) is 0.167. The van der Waals surface area contributed by atoms with E-state index in [4.69, 9.17) is 0 Å². The first-order valence-electron chi connectivity index (χ1n) is 23.5. The Morgan fingerprint density at radius 1 is 0.353 bits per heavy atom. The lowest BCUT2D eigenvalue weighted by Gasteiger charge is -2.40. The third-order valence-electron chi connectivity index (χ3n) is 15.0. The molecule has 0 N–H and O–H groups in total. The maximum Gasteiger partial charge on any atom is 0.0755 e. The van der Waals surface area contributed by atoms with Crippen LogP contribution in [0.15, 0.2) is 243 Å². The van der Waals surface area contributed by atoms with Gasteiger partial charge < -0.3 is 9.47 Å². The van der Waals surface area contributed by atoms with E-state index in [1.54, 1.807) is 0 Å². The molecule has 2 nitrogen and oxygen atoms in total. The average molecular weight is 881 g/mol. The van der Waals surface area contributed by atoms with Gasteiger partial charge in [0.1, 0.15) is 0 Å². The molecule has 1 unspecified atom stereocenters. The number of fused-ring (bicyclic) bond motifs is 16. The van der Waals surface area contributed by atoms with Crippen LogP contribution in [0.3, 0.4) is 0 Å². The minimum atomic E-state index is -0.585. The van der Waals surface area contributed by atoms with Gasteiger partial charge in [-0.05, 0) is 103 Å². The number of benzene rings is 11. The van der Waals surface area contributed by atoms with Crippen LogP contribution in [-0.2, 0) is 5.41 Å². The molecule has 0 saturated carbocycles. The molecule has 3 heterocycles. The zero-order valence-electron chi connectivity index (χ0n) is 36.9. The Morgan fingerprint density at radius 3 is 1.82 bits per heavy atom. The van der Waals surface area contributed by atoms with Crippen LogP contribution in [0.5, 0.6) is 0 Å². The zero-order chi connectivity index (χ0) is 44.5.